The standard InChI is InChI=1S/C16H18N4O3/c1-9(2)20-13-5-11(4-3-10(13)7-17-20)19-15(22)14-6-12(21)8-18(14)16(19)23/h3-5,7,9,12,14,21H,6,8H2,1-2H3/t12-,14+/m1/s1. The van der Waals surface area contributed by atoms with E-state index in [0.29, 0.717) is 12.1 Å². The Hall–Kier alpha value is -2.41. The summed E-state index contributed by atoms with van der Waals surface area (Å²) in [6, 6.07) is 4.76. The quantitative estimate of drug-likeness (QED) is 0.853. The summed E-state index contributed by atoms with van der Waals surface area (Å²) >= 11 is 0. The van der Waals surface area contributed by atoms with Crippen LogP contribution in [0, 0.1) is 0 Å². The lowest BCUT2D eigenvalue weighted by Gasteiger charge is -2.17. The van der Waals surface area contributed by atoms with E-state index in [2.05, 4.69) is 5.10 Å². The molecule has 2 aliphatic rings. The van der Waals surface area contributed by atoms with Gasteiger partial charge in [-0.25, -0.2) is 9.69 Å². The Morgan fingerprint density at radius 2 is 2.09 bits per heavy atom. The van der Waals surface area contributed by atoms with Gasteiger partial charge in [0.1, 0.15) is 6.04 Å². The normalized spacial score (nSPS) is 24.3. The summed E-state index contributed by atoms with van der Waals surface area (Å²) in [6.45, 7) is 4.28. The molecule has 23 heavy (non-hydrogen) atoms. The summed E-state index contributed by atoms with van der Waals surface area (Å²) in [5, 5.41) is 15.0. The van der Waals surface area contributed by atoms with Gasteiger partial charge in [-0.3, -0.25) is 9.48 Å². The number of benzene rings is 1. The molecule has 2 fully saturated rings. The fourth-order valence-electron chi connectivity index (χ4n) is 3.45. The second kappa shape index (κ2) is 4.79. The molecule has 0 radical (unpaired) electrons. The third kappa shape index (κ3) is 1.96. The summed E-state index contributed by atoms with van der Waals surface area (Å²) in [6.07, 6.45) is 1.48. The maximum Gasteiger partial charge on any atom is 0.332 e. The summed E-state index contributed by atoms with van der Waals surface area (Å²) in [7, 11) is 0. The van der Waals surface area contributed by atoms with Crippen LogP contribution in [-0.4, -0.2) is 50.4 Å². The molecule has 7 nitrogen and oxygen atoms in total. The number of hydrogen-bond donors (Lipinski definition) is 1. The molecule has 2 atom stereocenters. The predicted molar refractivity (Wildman–Crippen MR) is 84.1 cm³/mol. The molecule has 0 aliphatic carbocycles. The van der Waals surface area contributed by atoms with Crippen molar-refractivity contribution in [1.82, 2.24) is 14.7 Å². The molecular formula is C16H18N4O3. The molecule has 2 aliphatic heterocycles. The van der Waals surface area contributed by atoms with Crippen LogP contribution in [0.1, 0.15) is 26.3 Å². The number of anilines is 1. The van der Waals surface area contributed by atoms with Gasteiger partial charge in [0.25, 0.3) is 5.91 Å². The SMILES string of the molecule is CC(C)n1ncc2ccc(N3C(=O)[C@@H]4C[C@@H](O)CN4C3=O)cc21. The number of hydrogen-bond acceptors (Lipinski definition) is 4. The van der Waals surface area contributed by atoms with E-state index in [0.717, 1.165) is 10.9 Å². The molecular weight excluding hydrogens is 296 g/mol. The van der Waals surface area contributed by atoms with Gasteiger partial charge in [-0.1, -0.05) is 0 Å². The first kappa shape index (κ1) is 14.2. The first-order valence-corrected chi connectivity index (χ1v) is 7.77. The molecule has 1 N–H and O–H groups in total. The van der Waals surface area contributed by atoms with Gasteiger partial charge in [0, 0.05) is 24.4 Å². The number of amides is 3. The fourth-order valence-corrected chi connectivity index (χ4v) is 3.45. The molecule has 0 unspecified atom stereocenters. The zero-order valence-electron chi connectivity index (χ0n) is 13.0. The maximum absolute atomic E-state index is 12.6. The molecule has 120 valence electrons. The third-order valence-electron chi connectivity index (χ3n) is 4.55. The molecule has 2 aromatic rings. The van der Waals surface area contributed by atoms with E-state index in [1.165, 1.54) is 9.80 Å². The zero-order valence-corrected chi connectivity index (χ0v) is 13.0. The van der Waals surface area contributed by atoms with E-state index >= 15 is 0 Å². The number of urea groups is 1. The van der Waals surface area contributed by atoms with Gasteiger partial charge in [-0.2, -0.15) is 5.10 Å². The van der Waals surface area contributed by atoms with Crippen molar-refractivity contribution < 1.29 is 14.7 Å². The summed E-state index contributed by atoms with van der Waals surface area (Å²) in [5.74, 6) is -0.262. The van der Waals surface area contributed by atoms with Crippen LogP contribution in [0.3, 0.4) is 0 Å². The number of aliphatic hydroxyl groups is 1. The van der Waals surface area contributed by atoms with Gasteiger partial charge in [0.05, 0.1) is 23.5 Å². The Labute approximate surface area is 133 Å². The van der Waals surface area contributed by atoms with Crippen LogP contribution in [0.2, 0.25) is 0 Å². The smallest absolute Gasteiger partial charge is 0.332 e. The average molecular weight is 314 g/mol. The Kier molecular flexibility index (Phi) is 2.96. The van der Waals surface area contributed by atoms with Gasteiger partial charge in [0.15, 0.2) is 0 Å². The highest BCUT2D eigenvalue weighted by atomic mass is 16.3. The number of imide groups is 1. The Morgan fingerprint density at radius 1 is 1.30 bits per heavy atom. The van der Waals surface area contributed by atoms with Gasteiger partial charge in [-0.15, -0.1) is 0 Å². The zero-order chi connectivity index (χ0) is 16.3. The van der Waals surface area contributed by atoms with Crippen LogP contribution in [0.25, 0.3) is 10.9 Å². The highest BCUT2D eigenvalue weighted by molar-refractivity contribution is 6.22. The number of aliphatic hydroxyl groups excluding tert-OH is 1. The fraction of sp³-hybridized carbons (Fsp3) is 0.438. The highest BCUT2D eigenvalue weighted by Crippen LogP contribution is 2.33. The second-order valence-corrected chi connectivity index (χ2v) is 6.44. The van der Waals surface area contributed by atoms with E-state index in [1.54, 1.807) is 12.3 Å². The van der Waals surface area contributed by atoms with Crippen molar-refractivity contribution in [1.29, 1.82) is 0 Å². The van der Waals surface area contributed by atoms with Crippen molar-refractivity contribution in [3.8, 4) is 0 Å². The second-order valence-electron chi connectivity index (χ2n) is 6.44. The van der Waals surface area contributed by atoms with E-state index in [1.807, 2.05) is 30.7 Å². The van der Waals surface area contributed by atoms with Crippen LogP contribution in [0.4, 0.5) is 10.5 Å². The summed E-state index contributed by atoms with van der Waals surface area (Å²) in [4.78, 5) is 27.8. The summed E-state index contributed by atoms with van der Waals surface area (Å²) < 4.78 is 1.87. The predicted octanol–water partition coefficient (Wildman–Crippen LogP) is 1.52. The van der Waals surface area contributed by atoms with Crippen LogP contribution in [-0.2, 0) is 4.79 Å². The molecule has 1 aromatic carbocycles. The molecule has 0 saturated carbocycles. The molecule has 7 heteroatoms. The first-order chi connectivity index (χ1) is 11.0. The van der Waals surface area contributed by atoms with E-state index in [4.69, 9.17) is 0 Å². The van der Waals surface area contributed by atoms with Crippen molar-refractivity contribution in [2.45, 2.75) is 38.5 Å². The lowest BCUT2D eigenvalue weighted by molar-refractivity contribution is -0.119. The van der Waals surface area contributed by atoms with Crippen LogP contribution < -0.4 is 4.90 Å². The lowest BCUT2D eigenvalue weighted by atomic mass is 10.1. The van der Waals surface area contributed by atoms with Crippen LogP contribution >= 0.6 is 0 Å². The highest BCUT2D eigenvalue weighted by Gasteiger charge is 2.50. The van der Waals surface area contributed by atoms with Crippen molar-refractivity contribution >= 4 is 28.5 Å². The van der Waals surface area contributed by atoms with Gasteiger partial charge in [-0.05, 0) is 32.0 Å². The molecule has 3 amide bonds. The van der Waals surface area contributed by atoms with Gasteiger partial charge < -0.3 is 10.0 Å². The number of rotatable bonds is 2. The number of carbonyl (C=O) groups excluding carboxylic acids is 2. The monoisotopic (exact) mass is 314 g/mol. The van der Waals surface area contributed by atoms with E-state index < -0.39 is 12.1 Å². The number of carbonyl (C=O) groups is 2. The lowest BCUT2D eigenvalue weighted by Crippen LogP contribution is -2.35. The number of aromatic nitrogens is 2. The summed E-state index contributed by atoms with van der Waals surface area (Å²) in [5.41, 5.74) is 1.45. The van der Waals surface area contributed by atoms with E-state index in [-0.39, 0.29) is 24.5 Å². The van der Waals surface area contributed by atoms with Gasteiger partial charge >= 0.3 is 6.03 Å². The molecule has 4 rings (SSSR count). The Bertz CT molecular complexity index is 789. The Balaban J connectivity index is 1.76. The first-order valence-electron chi connectivity index (χ1n) is 7.77. The minimum absolute atomic E-state index is 0.186. The maximum atomic E-state index is 12.6. The van der Waals surface area contributed by atoms with Gasteiger partial charge in [0.2, 0.25) is 0 Å². The molecule has 0 bridgehead atoms. The molecule has 1 aromatic heterocycles. The minimum atomic E-state index is -0.611. The van der Waals surface area contributed by atoms with Crippen molar-refractivity contribution in [3.63, 3.8) is 0 Å². The molecule has 0 spiro atoms. The Morgan fingerprint density at radius 3 is 2.78 bits per heavy atom. The third-order valence-corrected chi connectivity index (χ3v) is 4.55. The average Bonchev–Trinajstić information content (AvgIpc) is 3.14. The molecule has 2 saturated heterocycles. The minimum Gasteiger partial charge on any atom is -0.391 e. The van der Waals surface area contributed by atoms with Crippen LogP contribution in [0.15, 0.2) is 24.4 Å². The number of nitrogens with zero attached hydrogens (tertiary/aromatic N) is 4. The number of fused-ring (bicyclic) bond motifs is 2. The largest absolute Gasteiger partial charge is 0.391 e. The van der Waals surface area contributed by atoms with Crippen molar-refractivity contribution in [2.75, 3.05) is 11.4 Å². The van der Waals surface area contributed by atoms with Crippen LogP contribution in [0.5, 0.6) is 0 Å². The van der Waals surface area contributed by atoms with Crippen molar-refractivity contribution in [2.24, 2.45) is 0 Å². The topological polar surface area (TPSA) is 78.7 Å². The molecule has 3 heterocycles. The van der Waals surface area contributed by atoms with E-state index in [9.17, 15) is 14.7 Å². The van der Waals surface area contributed by atoms with Crippen molar-refractivity contribution in [3.05, 3.63) is 24.4 Å².